The Bertz CT molecular complexity index is 427. The van der Waals surface area contributed by atoms with Crippen molar-refractivity contribution in [3.8, 4) is 0 Å². The van der Waals surface area contributed by atoms with E-state index in [0.717, 1.165) is 18.2 Å². The highest BCUT2D eigenvalue weighted by atomic mass is 19.1. The molecule has 0 aromatic heterocycles. The Morgan fingerprint density at radius 1 is 1.11 bits per heavy atom. The quantitative estimate of drug-likeness (QED) is 0.811. The van der Waals surface area contributed by atoms with Gasteiger partial charge in [-0.2, -0.15) is 0 Å². The summed E-state index contributed by atoms with van der Waals surface area (Å²) in [6.45, 7) is 1.02. The Labute approximate surface area is 108 Å². The molecule has 0 spiro atoms. The van der Waals surface area contributed by atoms with Crippen molar-refractivity contribution in [2.24, 2.45) is 5.92 Å². The molecule has 1 aliphatic carbocycles. The van der Waals surface area contributed by atoms with Crippen LogP contribution in [0.5, 0.6) is 0 Å². The molecule has 1 aliphatic heterocycles. The molecule has 1 saturated carbocycles. The maximum Gasteiger partial charge on any atom is 0.125 e. The van der Waals surface area contributed by atoms with Crippen LogP contribution in [0, 0.1) is 11.7 Å². The molecular formula is C15H21FN2. The molecule has 0 radical (unpaired) electrons. The van der Waals surface area contributed by atoms with Gasteiger partial charge in [0.15, 0.2) is 0 Å². The first-order valence-corrected chi connectivity index (χ1v) is 7.07. The average molecular weight is 248 g/mol. The fourth-order valence-corrected chi connectivity index (χ4v) is 3.69. The SMILES string of the molecule is Nc1ccc(F)cc1N1CCCC1C1CCCC1. The number of anilines is 2. The number of benzene rings is 1. The molecular weight excluding hydrogens is 227 g/mol. The molecule has 2 fully saturated rings. The van der Waals surface area contributed by atoms with E-state index in [1.54, 1.807) is 12.1 Å². The van der Waals surface area contributed by atoms with Crippen LogP contribution in [-0.2, 0) is 0 Å². The minimum Gasteiger partial charge on any atom is -0.397 e. The lowest BCUT2D eigenvalue weighted by Gasteiger charge is -2.32. The summed E-state index contributed by atoms with van der Waals surface area (Å²) >= 11 is 0. The number of rotatable bonds is 2. The number of nitrogen functional groups attached to an aromatic ring is 1. The smallest absolute Gasteiger partial charge is 0.125 e. The van der Waals surface area contributed by atoms with Crippen LogP contribution in [0.3, 0.4) is 0 Å². The third-order valence-electron chi connectivity index (χ3n) is 4.55. The third-order valence-corrected chi connectivity index (χ3v) is 4.55. The van der Waals surface area contributed by atoms with Gasteiger partial charge in [-0.25, -0.2) is 4.39 Å². The Kier molecular flexibility index (Phi) is 3.14. The lowest BCUT2D eigenvalue weighted by Crippen LogP contribution is -2.35. The molecule has 1 saturated heterocycles. The van der Waals surface area contributed by atoms with Gasteiger partial charge in [0.1, 0.15) is 5.82 Å². The van der Waals surface area contributed by atoms with Crippen molar-refractivity contribution in [2.45, 2.75) is 44.6 Å². The summed E-state index contributed by atoms with van der Waals surface area (Å²) in [5.41, 5.74) is 7.64. The van der Waals surface area contributed by atoms with E-state index in [9.17, 15) is 4.39 Å². The van der Waals surface area contributed by atoms with Crippen molar-refractivity contribution < 1.29 is 4.39 Å². The second kappa shape index (κ2) is 4.79. The highest BCUT2D eigenvalue weighted by Gasteiger charge is 2.34. The molecule has 2 aliphatic rings. The molecule has 3 heteroatoms. The fraction of sp³-hybridized carbons (Fsp3) is 0.600. The molecule has 1 heterocycles. The van der Waals surface area contributed by atoms with E-state index in [1.165, 1.54) is 44.6 Å². The highest BCUT2D eigenvalue weighted by molar-refractivity contribution is 5.68. The summed E-state index contributed by atoms with van der Waals surface area (Å²) in [5.74, 6) is 0.603. The highest BCUT2D eigenvalue weighted by Crippen LogP contribution is 2.39. The largest absolute Gasteiger partial charge is 0.397 e. The molecule has 1 unspecified atom stereocenters. The van der Waals surface area contributed by atoms with Crippen LogP contribution in [0.15, 0.2) is 18.2 Å². The van der Waals surface area contributed by atoms with E-state index in [1.807, 2.05) is 0 Å². The van der Waals surface area contributed by atoms with Crippen LogP contribution in [-0.4, -0.2) is 12.6 Å². The second-order valence-electron chi connectivity index (χ2n) is 5.65. The second-order valence-corrected chi connectivity index (χ2v) is 5.65. The summed E-state index contributed by atoms with van der Waals surface area (Å²) in [7, 11) is 0. The molecule has 98 valence electrons. The van der Waals surface area contributed by atoms with E-state index >= 15 is 0 Å². The lowest BCUT2D eigenvalue weighted by atomic mass is 9.95. The number of hydrogen-bond donors (Lipinski definition) is 1. The molecule has 0 amide bonds. The Balaban J connectivity index is 1.87. The van der Waals surface area contributed by atoms with Crippen molar-refractivity contribution in [3.05, 3.63) is 24.0 Å². The predicted octanol–water partition coefficient (Wildman–Crippen LogP) is 3.57. The summed E-state index contributed by atoms with van der Waals surface area (Å²) < 4.78 is 13.4. The van der Waals surface area contributed by atoms with Gasteiger partial charge in [0.25, 0.3) is 0 Å². The maximum absolute atomic E-state index is 13.4. The predicted molar refractivity (Wildman–Crippen MR) is 73.1 cm³/mol. The van der Waals surface area contributed by atoms with Crippen molar-refractivity contribution in [2.75, 3.05) is 17.2 Å². The minimum absolute atomic E-state index is 0.184. The topological polar surface area (TPSA) is 29.3 Å². The molecule has 1 aromatic carbocycles. The van der Waals surface area contributed by atoms with Crippen molar-refractivity contribution in [1.29, 1.82) is 0 Å². The average Bonchev–Trinajstić information content (AvgIpc) is 3.00. The zero-order valence-electron chi connectivity index (χ0n) is 10.7. The van der Waals surface area contributed by atoms with E-state index in [4.69, 9.17) is 5.73 Å². The van der Waals surface area contributed by atoms with E-state index in [2.05, 4.69) is 4.90 Å². The van der Waals surface area contributed by atoms with Gasteiger partial charge < -0.3 is 10.6 Å². The van der Waals surface area contributed by atoms with Crippen LogP contribution in [0.4, 0.5) is 15.8 Å². The van der Waals surface area contributed by atoms with Gasteiger partial charge in [-0.1, -0.05) is 12.8 Å². The standard InChI is InChI=1S/C15H21FN2/c16-12-7-8-13(17)15(10-12)18-9-3-6-14(18)11-4-1-2-5-11/h7-8,10-11,14H,1-6,9,17H2. The first kappa shape index (κ1) is 11.8. The molecule has 2 N–H and O–H groups in total. The van der Waals surface area contributed by atoms with Crippen LogP contribution in [0.25, 0.3) is 0 Å². The zero-order valence-corrected chi connectivity index (χ0v) is 10.7. The van der Waals surface area contributed by atoms with Gasteiger partial charge in [0.2, 0.25) is 0 Å². The first-order valence-electron chi connectivity index (χ1n) is 7.07. The normalized spacial score (nSPS) is 24.9. The van der Waals surface area contributed by atoms with E-state index in [0.29, 0.717) is 11.7 Å². The van der Waals surface area contributed by atoms with Crippen LogP contribution < -0.4 is 10.6 Å². The number of hydrogen-bond acceptors (Lipinski definition) is 2. The fourth-order valence-electron chi connectivity index (χ4n) is 3.69. The summed E-state index contributed by atoms with van der Waals surface area (Å²) in [6, 6.07) is 5.31. The van der Waals surface area contributed by atoms with Crippen LogP contribution >= 0.6 is 0 Å². The summed E-state index contributed by atoms with van der Waals surface area (Å²) in [5, 5.41) is 0. The van der Waals surface area contributed by atoms with E-state index in [-0.39, 0.29) is 5.82 Å². The molecule has 1 aromatic rings. The van der Waals surface area contributed by atoms with Gasteiger partial charge >= 0.3 is 0 Å². The van der Waals surface area contributed by atoms with Gasteiger partial charge in [-0.3, -0.25) is 0 Å². The third kappa shape index (κ3) is 2.06. The molecule has 18 heavy (non-hydrogen) atoms. The molecule has 1 atom stereocenters. The first-order chi connectivity index (χ1) is 8.75. The number of halogens is 1. The number of nitrogens with two attached hydrogens (primary N) is 1. The van der Waals surface area contributed by atoms with E-state index < -0.39 is 0 Å². The van der Waals surface area contributed by atoms with Crippen molar-refractivity contribution in [1.82, 2.24) is 0 Å². The molecule has 2 nitrogen and oxygen atoms in total. The van der Waals surface area contributed by atoms with Crippen molar-refractivity contribution >= 4 is 11.4 Å². The summed E-state index contributed by atoms with van der Waals surface area (Å²) in [6.07, 6.45) is 7.81. The van der Waals surface area contributed by atoms with Crippen molar-refractivity contribution in [3.63, 3.8) is 0 Å². The zero-order chi connectivity index (χ0) is 12.5. The number of nitrogens with zero attached hydrogens (tertiary/aromatic N) is 1. The van der Waals surface area contributed by atoms with Gasteiger partial charge in [-0.05, 0) is 49.8 Å². The Morgan fingerprint density at radius 3 is 2.67 bits per heavy atom. The Hall–Kier alpha value is -1.25. The minimum atomic E-state index is -0.184. The van der Waals surface area contributed by atoms with Gasteiger partial charge in [0, 0.05) is 12.6 Å². The Morgan fingerprint density at radius 2 is 1.89 bits per heavy atom. The molecule has 3 rings (SSSR count). The van der Waals surface area contributed by atoms with Crippen LogP contribution in [0.1, 0.15) is 38.5 Å². The van der Waals surface area contributed by atoms with Crippen LogP contribution in [0.2, 0.25) is 0 Å². The monoisotopic (exact) mass is 248 g/mol. The molecule has 0 bridgehead atoms. The maximum atomic E-state index is 13.4. The lowest BCUT2D eigenvalue weighted by molar-refractivity contribution is 0.430. The van der Waals surface area contributed by atoms with Gasteiger partial charge in [0.05, 0.1) is 11.4 Å². The van der Waals surface area contributed by atoms with Gasteiger partial charge in [-0.15, -0.1) is 0 Å². The summed E-state index contributed by atoms with van der Waals surface area (Å²) in [4.78, 5) is 2.36.